The molecule has 1 unspecified atom stereocenters. The van der Waals surface area contributed by atoms with E-state index in [1.807, 2.05) is 0 Å². The third-order valence-electron chi connectivity index (χ3n) is 3.87. The minimum absolute atomic E-state index is 0.181. The zero-order valence-electron chi connectivity index (χ0n) is 12.7. The van der Waals surface area contributed by atoms with Crippen LogP contribution < -0.4 is 0 Å². The zero-order valence-corrected chi connectivity index (χ0v) is 13.5. The first kappa shape index (κ1) is 21.1. The van der Waals surface area contributed by atoms with E-state index >= 15 is 0 Å². The first-order valence-electron chi connectivity index (χ1n) is 7.49. The second-order valence-electron chi connectivity index (χ2n) is 5.79. The summed E-state index contributed by atoms with van der Waals surface area (Å²) < 4.78 is 98.3. The van der Waals surface area contributed by atoms with Gasteiger partial charge in [0.15, 0.2) is 0 Å². The summed E-state index contributed by atoms with van der Waals surface area (Å²) in [4.78, 5) is 11.9. The van der Waals surface area contributed by atoms with E-state index in [1.54, 1.807) is 0 Å². The molecule has 0 bridgehead atoms. The van der Waals surface area contributed by atoms with Gasteiger partial charge in [0.05, 0.1) is 5.92 Å². The Morgan fingerprint density at radius 1 is 0.958 bits per heavy atom. The van der Waals surface area contributed by atoms with Crippen molar-refractivity contribution < 1.29 is 44.5 Å². The first-order chi connectivity index (χ1) is 10.9. The second kappa shape index (κ2) is 7.94. The second-order valence-corrected chi connectivity index (χ2v) is 7.29. The van der Waals surface area contributed by atoms with Gasteiger partial charge < -0.3 is 4.74 Å². The van der Waals surface area contributed by atoms with E-state index in [9.17, 15) is 35.2 Å². The molecule has 1 fully saturated rings. The van der Waals surface area contributed by atoms with Crippen molar-refractivity contribution in [2.45, 2.75) is 68.9 Å². The minimum atomic E-state index is -6.41. The topological polar surface area (TPSA) is 80.7 Å². The summed E-state index contributed by atoms with van der Waals surface area (Å²) in [5.41, 5.74) is 0. The fourth-order valence-corrected chi connectivity index (χ4v) is 2.99. The molecule has 1 rings (SSSR count). The highest BCUT2D eigenvalue weighted by atomic mass is 32.2. The Labute approximate surface area is 136 Å². The summed E-state index contributed by atoms with van der Waals surface area (Å²) in [6.45, 7) is 0. The first-order valence-corrected chi connectivity index (χ1v) is 8.93. The van der Waals surface area contributed by atoms with Gasteiger partial charge in [0.25, 0.3) is 6.10 Å². The summed E-state index contributed by atoms with van der Waals surface area (Å²) >= 11 is 0. The van der Waals surface area contributed by atoms with Gasteiger partial charge in [-0.1, -0.05) is 38.5 Å². The van der Waals surface area contributed by atoms with Crippen molar-refractivity contribution in [1.29, 1.82) is 0 Å². The van der Waals surface area contributed by atoms with Gasteiger partial charge in [-0.15, -0.1) is 0 Å². The summed E-state index contributed by atoms with van der Waals surface area (Å²) in [5.74, 6) is -2.53. The lowest BCUT2D eigenvalue weighted by Crippen LogP contribution is -2.52. The summed E-state index contributed by atoms with van der Waals surface area (Å²) in [6, 6.07) is 0. The van der Waals surface area contributed by atoms with E-state index in [0.717, 1.165) is 25.7 Å². The van der Waals surface area contributed by atoms with Crippen LogP contribution in [0.2, 0.25) is 0 Å². The maximum absolute atomic E-state index is 13.4. The summed E-state index contributed by atoms with van der Waals surface area (Å²) in [7, 11) is -6.41. The van der Waals surface area contributed by atoms with Crippen LogP contribution in [0.15, 0.2) is 0 Å². The molecule has 0 spiro atoms. The molecule has 0 aromatic rings. The van der Waals surface area contributed by atoms with E-state index < -0.39 is 39.5 Å². The maximum Gasteiger partial charge on any atom is 0.432 e. The molecule has 0 amide bonds. The molecule has 0 radical (unpaired) electrons. The molecule has 1 atom stereocenters. The molecule has 142 valence electrons. The average molecular weight is 382 g/mol. The number of carbonyl (C=O) groups is 1. The Hall–Kier alpha value is -0.970. The van der Waals surface area contributed by atoms with Gasteiger partial charge in [-0.3, -0.25) is 9.35 Å². The molecule has 0 aromatic carbocycles. The Balaban J connectivity index is 2.95. The van der Waals surface area contributed by atoms with Crippen LogP contribution in [0.1, 0.15) is 51.4 Å². The molecule has 1 aliphatic rings. The molecule has 5 nitrogen and oxygen atoms in total. The smallest absolute Gasteiger partial charge is 0.432 e. The predicted molar refractivity (Wildman–Crippen MR) is 72.9 cm³/mol. The van der Waals surface area contributed by atoms with Crippen LogP contribution in [0.4, 0.5) is 22.0 Å². The van der Waals surface area contributed by atoms with Crippen LogP contribution in [0, 0.1) is 5.92 Å². The van der Waals surface area contributed by atoms with E-state index in [2.05, 4.69) is 4.74 Å². The minimum Gasteiger partial charge on any atom is -0.444 e. The largest absolute Gasteiger partial charge is 0.444 e. The van der Waals surface area contributed by atoms with Gasteiger partial charge in [0.1, 0.15) is 0 Å². The molecule has 0 aromatic heterocycles. The molecule has 1 aliphatic carbocycles. The van der Waals surface area contributed by atoms with Crippen LogP contribution in [-0.4, -0.2) is 36.5 Å². The summed E-state index contributed by atoms with van der Waals surface area (Å²) in [5, 5.41) is -5.68. The van der Waals surface area contributed by atoms with Crippen molar-refractivity contribution in [3.8, 4) is 0 Å². The normalized spacial score (nSPS) is 20.6. The number of esters is 1. The number of halogens is 5. The fourth-order valence-electron chi connectivity index (χ4n) is 2.54. The zero-order chi connectivity index (χ0) is 18.6. The highest BCUT2D eigenvalue weighted by molar-refractivity contribution is 7.86. The van der Waals surface area contributed by atoms with Crippen molar-refractivity contribution in [2.75, 3.05) is 0 Å². The lowest BCUT2D eigenvalue weighted by atomic mass is 9.97. The van der Waals surface area contributed by atoms with E-state index in [-0.39, 0.29) is 12.8 Å². The molecule has 0 heterocycles. The standard InChI is InChI=1S/C13H19F5O5S/c14-12(15,16)11(13(17,18)24(20,21)22)23-10(19)9-7-5-3-1-2-4-6-8-9/h9,11H,1-8H2,(H,20,21,22). The van der Waals surface area contributed by atoms with Gasteiger partial charge in [-0.05, 0) is 12.8 Å². The average Bonchev–Trinajstić information content (AvgIpc) is 2.55. The highest BCUT2D eigenvalue weighted by Gasteiger charge is 2.66. The monoisotopic (exact) mass is 382 g/mol. The van der Waals surface area contributed by atoms with Crippen LogP contribution in [0.5, 0.6) is 0 Å². The van der Waals surface area contributed by atoms with Crippen molar-refractivity contribution in [3.05, 3.63) is 0 Å². The molecule has 1 saturated carbocycles. The Morgan fingerprint density at radius 3 is 1.75 bits per heavy atom. The number of hydrogen-bond donors (Lipinski definition) is 1. The molecule has 0 saturated heterocycles. The predicted octanol–water partition coefficient (Wildman–Crippen LogP) is 3.69. The molecule has 0 aliphatic heterocycles. The Bertz CT molecular complexity index is 521. The molecular weight excluding hydrogens is 363 g/mol. The quantitative estimate of drug-likeness (QED) is 0.456. The third kappa shape index (κ3) is 5.54. The van der Waals surface area contributed by atoms with Gasteiger partial charge in [0, 0.05) is 0 Å². The van der Waals surface area contributed by atoms with Crippen molar-refractivity contribution in [1.82, 2.24) is 0 Å². The third-order valence-corrected chi connectivity index (χ3v) is 4.77. The number of ether oxygens (including phenoxy) is 1. The lowest BCUT2D eigenvalue weighted by molar-refractivity contribution is -0.260. The van der Waals surface area contributed by atoms with Crippen LogP contribution in [-0.2, 0) is 19.6 Å². The Kier molecular flexibility index (Phi) is 6.97. The molecule has 1 N–H and O–H groups in total. The molecule has 24 heavy (non-hydrogen) atoms. The van der Waals surface area contributed by atoms with Crippen LogP contribution >= 0.6 is 0 Å². The van der Waals surface area contributed by atoms with E-state index in [4.69, 9.17) is 4.55 Å². The Morgan fingerprint density at radius 2 is 1.38 bits per heavy atom. The van der Waals surface area contributed by atoms with Crippen molar-refractivity contribution >= 4 is 16.1 Å². The summed E-state index contributed by atoms with van der Waals surface area (Å²) in [6.07, 6.45) is -5.34. The van der Waals surface area contributed by atoms with Gasteiger partial charge in [-0.25, -0.2) is 0 Å². The number of hydrogen-bond acceptors (Lipinski definition) is 4. The lowest BCUT2D eigenvalue weighted by Gasteiger charge is -2.27. The highest BCUT2D eigenvalue weighted by Crippen LogP contribution is 2.39. The maximum atomic E-state index is 13.4. The number of alkyl halides is 5. The van der Waals surface area contributed by atoms with Crippen LogP contribution in [0.3, 0.4) is 0 Å². The van der Waals surface area contributed by atoms with E-state index in [1.165, 1.54) is 0 Å². The van der Waals surface area contributed by atoms with E-state index in [0.29, 0.717) is 12.8 Å². The number of carbonyl (C=O) groups excluding carboxylic acids is 1. The number of rotatable bonds is 4. The molecule has 11 heteroatoms. The van der Waals surface area contributed by atoms with Crippen molar-refractivity contribution in [3.63, 3.8) is 0 Å². The fraction of sp³-hybridized carbons (Fsp3) is 0.923. The van der Waals surface area contributed by atoms with Gasteiger partial charge in [-0.2, -0.15) is 30.4 Å². The van der Waals surface area contributed by atoms with Gasteiger partial charge in [0.2, 0.25) is 0 Å². The SMILES string of the molecule is O=C(OC(C(F)(F)F)C(F)(F)S(=O)(=O)O)C1CCCCCCCC1. The molecular formula is C13H19F5O5S. The van der Waals surface area contributed by atoms with Crippen LogP contribution in [0.25, 0.3) is 0 Å². The van der Waals surface area contributed by atoms with Gasteiger partial charge >= 0.3 is 27.5 Å². The van der Waals surface area contributed by atoms with Crippen molar-refractivity contribution in [2.24, 2.45) is 5.92 Å².